The molecule has 0 fully saturated rings. The fourth-order valence-corrected chi connectivity index (χ4v) is 5.46. The van der Waals surface area contributed by atoms with Gasteiger partial charge in [-0.05, 0) is 18.4 Å². The third-order valence-corrected chi connectivity index (χ3v) is 7.83. The smallest absolute Gasteiger partial charge is 0.164 e. The molecule has 0 atom stereocenters. The van der Waals surface area contributed by atoms with E-state index in [1.807, 2.05) is 121 Å². The fourth-order valence-electron chi connectivity index (χ4n) is 5.46. The van der Waals surface area contributed by atoms with Gasteiger partial charge in [-0.3, -0.25) is 0 Å². The molecule has 0 saturated carbocycles. The van der Waals surface area contributed by atoms with Gasteiger partial charge in [0.1, 0.15) is 0 Å². The van der Waals surface area contributed by atoms with E-state index in [4.69, 9.17) is 29.9 Å². The van der Waals surface area contributed by atoms with Gasteiger partial charge in [-0.15, -0.1) is 0 Å². The van der Waals surface area contributed by atoms with Crippen LogP contribution in [0.4, 0.5) is 0 Å². The highest BCUT2D eigenvalue weighted by Crippen LogP contribution is 2.33. The maximum absolute atomic E-state index is 5.12. The molecule has 0 aliphatic rings. The van der Waals surface area contributed by atoms with Crippen LogP contribution in [0.5, 0.6) is 0 Å². The lowest BCUT2D eigenvalue weighted by Gasteiger charge is -2.14. The van der Waals surface area contributed by atoms with Crippen molar-refractivity contribution in [3.05, 3.63) is 145 Å². The Morgan fingerprint density at radius 2 is 0.674 bits per heavy atom. The summed E-state index contributed by atoms with van der Waals surface area (Å²) in [5.41, 5.74) is 6.64. The molecule has 0 amide bonds. The minimum Gasteiger partial charge on any atom is -0.208 e. The Balaban J connectivity index is 1.43. The topological polar surface area (TPSA) is 77.3 Å². The first kappa shape index (κ1) is 28.9. The molecule has 6 nitrogen and oxygen atoms in total. The van der Waals surface area contributed by atoms with Gasteiger partial charge >= 0.3 is 0 Å². The van der Waals surface area contributed by atoms with Crippen molar-refractivity contribution in [1.29, 1.82) is 0 Å². The average Bonchev–Trinajstić information content (AvgIpc) is 3.15. The molecule has 0 unspecified atom stereocenters. The third kappa shape index (κ3) is 6.19. The van der Waals surface area contributed by atoms with Crippen LogP contribution < -0.4 is 0 Å². The molecule has 0 spiro atoms. The van der Waals surface area contributed by atoms with Gasteiger partial charge in [0.15, 0.2) is 34.9 Å². The molecule has 5 aromatic carbocycles. The summed E-state index contributed by atoms with van der Waals surface area (Å²) < 4.78 is 0. The van der Waals surface area contributed by atoms with E-state index in [-0.39, 0.29) is 0 Å². The predicted octanol–water partition coefficient (Wildman–Crippen LogP) is 9.40. The summed E-state index contributed by atoms with van der Waals surface area (Å²) in [5.74, 6) is 3.58. The Morgan fingerprint density at radius 1 is 0.348 bits per heavy atom. The highest BCUT2D eigenvalue weighted by molar-refractivity contribution is 5.80. The van der Waals surface area contributed by atoms with Crippen molar-refractivity contribution in [3.8, 4) is 68.3 Å². The second kappa shape index (κ2) is 13.4. The van der Waals surface area contributed by atoms with E-state index >= 15 is 0 Å². The van der Waals surface area contributed by atoms with Crippen LogP contribution in [0, 0.1) is 0 Å². The van der Waals surface area contributed by atoms with Gasteiger partial charge in [-0.2, -0.15) is 0 Å². The minimum absolute atomic E-state index is 0.551. The zero-order valence-corrected chi connectivity index (χ0v) is 25.6. The van der Waals surface area contributed by atoms with Crippen LogP contribution in [-0.2, 0) is 6.42 Å². The van der Waals surface area contributed by atoms with Gasteiger partial charge in [-0.25, -0.2) is 29.9 Å². The lowest BCUT2D eigenvalue weighted by molar-refractivity contribution is 0.795. The van der Waals surface area contributed by atoms with Crippen molar-refractivity contribution in [1.82, 2.24) is 29.9 Å². The monoisotopic (exact) mass is 596 g/mol. The van der Waals surface area contributed by atoms with Gasteiger partial charge in [0.25, 0.3) is 0 Å². The zero-order chi connectivity index (χ0) is 31.1. The standard InChI is InChI=1S/C40H32N6/c1-2-3-17-28-18-13-14-25-32(28)38-42-37(31-23-11-6-12-24-31)45-40(46-38)34-27-16-15-26-33(34)39-43-35(29-19-7-4-8-20-29)41-36(44-39)30-21-9-5-10-22-30/h4-16,18-27H,2-3,17H2,1H3. The Labute approximate surface area is 269 Å². The van der Waals surface area contributed by atoms with Crippen molar-refractivity contribution >= 4 is 0 Å². The van der Waals surface area contributed by atoms with E-state index in [2.05, 4.69) is 25.1 Å². The highest BCUT2D eigenvalue weighted by atomic mass is 15.1. The SMILES string of the molecule is CCCCc1ccccc1-c1nc(-c2ccccc2)nc(-c2ccccc2-c2nc(-c3ccccc3)nc(-c3ccccc3)n2)n1. The number of aryl methyl sites for hydroxylation is 1. The van der Waals surface area contributed by atoms with Crippen LogP contribution in [0.15, 0.2) is 140 Å². The largest absolute Gasteiger partial charge is 0.208 e. The van der Waals surface area contributed by atoms with Crippen molar-refractivity contribution in [2.45, 2.75) is 26.2 Å². The van der Waals surface area contributed by atoms with E-state index in [9.17, 15) is 0 Å². The van der Waals surface area contributed by atoms with Crippen LogP contribution in [-0.4, -0.2) is 29.9 Å². The van der Waals surface area contributed by atoms with E-state index < -0.39 is 0 Å². The van der Waals surface area contributed by atoms with Crippen molar-refractivity contribution in [3.63, 3.8) is 0 Å². The molecule has 7 aromatic rings. The Bertz CT molecular complexity index is 2020. The quantitative estimate of drug-likeness (QED) is 0.165. The average molecular weight is 597 g/mol. The number of hydrogen-bond acceptors (Lipinski definition) is 6. The lowest BCUT2D eigenvalue weighted by Crippen LogP contribution is -2.04. The highest BCUT2D eigenvalue weighted by Gasteiger charge is 2.19. The third-order valence-electron chi connectivity index (χ3n) is 7.83. The Morgan fingerprint density at radius 3 is 1.11 bits per heavy atom. The second-order valence-corrected chi connectivity index (χ2v) is 11.0. The molecule has 0 radical (unpaired) electrons. The van der Waals surface area contributed by atoms with Crippen molar-refractivity contribution < 1.29 is 0 Å². The molecule has 2 aromatic heterocycles. The number of benzene rings is 5. The summed E-state index contributed by atoms with van der Waals surface area (Å²) in [4.78, 5) is 30.1. The lowest BCUT2D eigenvalue weighted by atomic mass is 10.0. The molecule has 2 heterocycles. The van der Waals surface area contributed by atoms with Crippen LogP contribution in [0.2, 0.25) is 0 Å². The molecule has 0 aliphatic carbocycles. The fraction of sp³-hybridized carbons (Fsp3) is 0.100. The first-order valence-corrected chi connectivity index (χ1v) is 15.6. The van der Waals surface area contributed by atoms with E-state index in [0.717, 1.165) is 52.6 Å². The number of hydrogen-bond donors (Lipinski definition) is 0. The summed E-state index contributed by atoms with van der Waals surface area (Å²) in [7, 11) is 0. The summed E-state index contributed by atoms with van der Waals surface area (Å²) in [5, 5.41) is 0. The number of aromatic nitrogens is 6. The summed E-state index contributed by atoms with van der Waals surface area (Å²) in [6, 6.07) is 46.5. The van der Waals surface area contributed by atoms with Gasteiger partial charge < -0.3 is 0 Å². The zero-order valence-electron chi connectivity index (χ0n) is 25.6. The predicted molar refractivity (Wildman–Crippen MR) is 184 cm³/mol. The first-order chi connectivity index (χ1) is 22.8. The molecule has 7 rings (SSSR count). The molecule has 222 valence electrons. The van der Waals surface area contributed by atoms with Gasteiger partial charge in [0.05, 0.1) is 0 Å². The van der Waals surface area contributed by atoms with Crippen LogP contribution in [0.3, 0.4) is 0 Å². The van der Waals surface area contributed by atoms with Gasteiger partial charge in [0.2, 0.25) is 0 Å². The van der Waals surface area contributed by atoms with Crippen LogP contribution in [0.25, 0.3) is 68.3 Å². The maximum Gasteiger partial charge on any atom is 0.164 e. The second-order valence-electron chi connectivity index (χ2n) is 11.0. The molecule has 0 aliphatic heterocycles. The Kier molecular flexibility index (Phi) is 8.41. The van der Waals surface area contributed by atoms with E-state index in [1.54, 1.807) is 0 Å². The molecule has 0 bridgehead atoms. The number of unbranched alkanes of at least 4 members (excludes halogenated alkanes) is 1. The first-order valence-electron chi connectivity index (χ1n) is 15.6. The molecular weight excluding hydrogens is 564 g/mol. The number of nitrogens with zero attached hydrogens (tertiary/aromatic N) is 6. The van der Waals surface area contributed by atoms with Crippen LogP contribution >= 0.6 is 0 Å². The molecule has 0 saturated heterocycles. The normalized spacial score (nSPS) is 11.0. The molecule has 6 heteroatoms. The maximum atomic E-state index is 5.12. The van der Waals surface area contributed by atoms with Crippen molar-refractivity contribution in [2.75, 3.05) is 0 Å². The van der Waals surface area contributed by atoms with E-state index in [0.29, 0.717) is 34.9 Å². The van der Waals surface area contributed by atoms with Gasteiger partial charge in [0, 0.05) is 33.4 Å². The van der Waals surface area contributed by atoms with E-state index in [1.165, 1.54) is 5.56 Å². The summed E-state index contributed by atoms with van der Waals surface area (Å²) >= 11 is 0. The van der Waals surface area contributed by atoms with Crippen LogP contribution in [0.1, 0.15) is 25.3 Å². The number of rotatable bonds is 9. The summed E-state index contributed by atoms with van der Waals surface area (Å²) in [6.45, 7) is 2.21. The molecule has 0 N–H and O–H groups in total. The molecular formula is C40H32N6. The Hall–Kier alpha value is -5.88. The van der Waals surface area contributed by atoms with Gasteiger partial charge in [-0.1, -0.05) is 153 Å². The molecule has 46 heavy (non-hydrogen) atoms. The van der Waals surface area contributed by atoms with Crippen molar-refractivity contribution in [2.24, 2.45) is 0 Å². The minimum atomic E-state index is 0.551. The summed E-state index contributed by atoms with van der Waals surface area (Å²) in [6.07, 6.45) is 3.16.